The summed E-state index contributed by atoms with van der Waals surface area (Å²) in [5.41, 5.74) is 0. The van der Waals surface area contributed by atoms with Crippen molar-refractivity contribution in [1.82, 2.24) is 4.98 Å². The third-order valence-corrected chi connectivity index (χ3v) is 2.92. The minimum Gasteiger partial charge on any atom is -0.482 e. The third kappa shape index (κ3) is 1.82. The number of ether oxygens (including phenoxy) is 1. The van der Waals surface area contributed by atoms with E-state index >= 15 is 0 Å². The summed E-state index contributed by atoms with van der Waals surface area (Å²) in [7, 11) is 0. The van der Waals surface area contributed by atoms with Crippen molar-refractivity contribution in [3.05, 3.63) is 8.71 Å². The van der Waals surface area contributed by atoms with Gasteiger partial charge in [-0.2, -0.15) is 0 Å². The first-order valence-electron chi connectivity index (χ1n) is 2.99. The van der Waals surface area contributed by atoms with E-state index in [0.717, 1.165) is 20.4 Å². The fourth-order valence-electron chi connectivity index (χ4n) is 0.603. The number of rotatable bonds is 2. The van der Waals surface area contributed by atoms with Gasteiger partial charge in [0.05, 0.1) is 11.6 Å². The van der Waals surface area contributed by atoms with E-state index in [1.54, 1.807) is 11.3 Å². The highest BCUT2D eigenvalue weighted by molar-refractivity contribution is 14.1. The Morgan fingerprint density at radius 2 is 2.40 bits per heavy atom. The molecule has 1 rings (SSSR count). The van der Waals surface area contributed by atoms with Crippen molar-refractivity contribution < 1.29 is 4.74 Å². The summed E-state index contributed by atoms with van der Waals surface area (Å²) in [4.78, 5) is 4.21. The molecular weight excluding hydrogens is 261 g/mol. The second-order valence-electron chi connectivity index (χ2n) is 1.74. The second kappa shape index (κ2) is 3.52. The van der Waals surface area contributed by atoms with Crippen LogP contribution in [0.2, 0.25) is 0 Å². The summed E-state index contributed by atoms with van der Waals surface area (Å²) in [5, 5.41) is 2.01. The first-order chi connectivity index (χ1) is 4.74. The van der Waals surface area contributed by atoms with E-state index in [2.05, 4.69) is 27.6 Å². The monoisotopic (exact) mass is 269 g/mol. The summed E-state index contributed by atoms with van der Waals surface area (Å²) >= 11 is 3.78. The van der Waals surface area contributed by atoms with E-state index in [0.29, 0.717) is 0 Å². The van der Waals surface area contributed by atoms with Gasteiger partial charge in [0.15, 0.2) is 3.70 Å². The van der Waals surface area contributed by atoms with Crippen LogP contribution >= 0.6 is 33.9 Å². The van der Waals surface area contributed by atoms with Gasteiger partial charge < -0.3 is 4.74 Å². The Hall–Kier alpha value is 0.160. The zero-order valence-corrected chi connectivity index (χ0v) is 8.82. The number of nitrogens with zero attached hydrogens (tertiary/aromatic N) is 1. The number of hydrogen-bond acceptors (Lipinski definition) is 3. The average molecular weight is 269 g/mol. The quantitative estimate of drug-likeness (QED) is 0.769. The van der Waals surface area contributed by atoms with E-state index < -0.39 is 0 Å². The van der Waals surface area contributed by atoms with Crippen LogP contribution in [0.15, 0.2) is 0 Å². The molecule has 0 radical (unpaired) electrons. The Labute approximate surface area is 77.8 Å². The van der Waals surface area contributed by atoms with Crippen LogP contribution in [0.25, 0.3) is 0 Å². The zero-order chi connectivity index (χ0) is 7.56. The number of aryl methyl sites for hydroxylation is 1. The molecule has 0 amide bonds. The molecule has 0 aliphatic rings. The Balaban J connectivity index is 2.81. The predicted octanol–water partition coefficient (Wildman–Crippen LogP) is 2.45. The van der Waals surface area contributed by atoms with Crippen LogP contribution in [-0.4, -0.2) is 11.6 Å². The zero-order valence-electron chi connectivity index (χ0n) is 5.85. The van der Waals surface area contributed by atoms with Crippen LogP contribution in [0, 0.1) is 10.6 Å². The Morgan fingerprint density at radius 1 is 1.70 bits per heavy atom. The van der Waals surface area contributed by atoms with E-state index in [-0.39, 0.29) is 0 Å². The molecule has 2 nitrogen and oxygen atoms in total. The molecule has 0 aromatic carbocycles. The Kier molecular flexibility index (Phi) is 2.91. The minimum absolute atomic E-state index is 0.720. The lowest BCUT2D eigenvalue weighted by atomic mass is 10.8. The number of aromatic nitrogens is 1. The number of thiazole rings is 1. The maximum atomic E-state index is 5.31. The van der Waals surface area contributed by atoms with Crippen molar-refractivity contribution in [3.8, 4) is 5.06 Å². The van der Waals surface area contributed by atoms with Gasteiger partial charge in [0, 0.05) is 0 Å². The van der Waals surface area contributed by atoms with Crippen LogP contribution in [0.1, 0.15) is 11.9 Å². The molecule has 0 aliphatic heterocycles. The Bertz CT molecular complexity index is 224. The molecule has 0 saturated heterocycles. The van der Waals surface area contributed by atoms with Gasteiger partial charge >= 0.3 is 0 Å². The molecule has 0 fully saturated rings. The van der Waals surface area contributed by atoms with Crippen molar-refractivity contribution in [3.63, 3.8) is 0 Å². The van der Waals surface area contributed by atoms with Gasteiger partial charge in [-0.25, -0.2) is 4.98 Å². The molecule has 1 heterocycles. The summed E-state index contributed by atoms with van der Waals surface area (Å²) in [6, 6.07) is 0. The standard InChI is InChI=1S/C6H8INOS/c1-3-9-6-5(7)8-4(2)10-6/h3H2,1-2H3. The maximum absolute atomic E-state index is 5.31. The topological polar surface area (TPSA) is 22.1 Å². The Morgan fingerprint density at radius 3 is 2.80 bits per heavy atom. The second-order valence-corrected chi connectivity index (χ2v) is 3.93. The first kappa shape index (κ1) is 8.26. The molecule has 0 atom stereocenters. The molecule has 4 heteroatoms. The fourth-order valence-corrected chi connectivity index (χ4v) is 2.33. The van der Waals surface area contributed by atoms with Crippen LogP contribution < -0.4 is 4.74 Å². The highest BCUT2D eigenvalue weighted by Crippen LogP contribution is 2.27. The molecule has 1 aromatic heterocycles. The van der Waals surface area contributed by atoms with Crippen molar-refractivity contribution in [2.24, 2.45) is 0 Å². The van der Waals surface area contributed by atoms with Gasteiger partial charge in [0.2, 0.25) is 5.06 Å². The molecule has 0 aliphatic carbocycles. The number of halogens is 1. The summed E-state index contributed by atoms with van der Waals surface area (Å²) in [6.45, 7) is 4.68. The molecule has 0 N–H and O–H groups in total. The lowest BCUT2D eigenvalue weighted by Gasteiger charge is -1.95. The molecular formula is C6H8INOS. The number of hydrogen-bond donors (Lipinski definition) is 0. The van der Waals surface area contributed by atoms with E-state index in [9.17, 15) is 0 Å². The third-order valence-electron chi connectivity index (χ3n) is 0.940. The van der Waals surface area contributed by atoms with Gasteiger partial charge in [-0.05, 0) is 36.4 Å². The maximum Gasteiger partial charge on any atom is 0.208 e. The molecule has 0 spiro atoms. The predicted molar refractivity (Wildman–Crippen MR) is 50.7 cm³/mol. The van der Waals surface area contributed by atoms with Gasteiger partial charge in [0.1, 0.15) is 0 Å². The lowest BCUT2D eigenvalue weighted by Crippen LogP contribution is -1.89. The molecule has 10 heavy (non-hydrogen) atoms. The SMILES string of the molecule is CCOc1sc(C)nc1I. The molecule has 1 aromatic rings. The molecule has 0 bridgehead atoms. The lowest BCUT2D eigenvalue weighted by molar-refractivity contribution is 0.347. The largest absolute Gasteiger partial charge is 0.482 e. The van der Waals surface area contributed by atoms with Crippen molar-refractivity contribution in [2.45, 2.75) is 13.8 Å². The van der Waals surface area contributed by atoms with Gasteiger partial charge in [-0.1, -0.05) is 11.3 Å². The first-order valence-corrected chi connectivity index (χ1v) is 4.89. The molecule has 0 unspecified atom stereocenters. The van der Waals surface area contributed by atoms with Crippen molar-refractivity contribution in [2.75, 3.05) is 6.61 Å². The van der Waals surface area contributed by atoms with E-state index in [1.165, 1.54) is 0 Å². The van der Waals surface area contributed by atoms with Crippen molar-refractivity contribution >= 4 is 33.9 Å². The normalized spacial score (nSPS) is 9.90. The van der Waals surface area contributed by atoms with E-state index in [4.69, 9.17) is 4.74 Å². The highest BCUT2D eigenvalue weighted by Gasteiger charge is 2.04. The van der Waals surface area contributed by atoms with Crippen LogP contribution in [0.3, 0.4) is 0 Å². The van der Waals surface area contributed by atoms with Crippen molar-refractivity contribution in [1.29, 1.82) is 0 Å². The highest BCUT2D eigenvalue weighted by atomic mass is 127. The van der Waals surface area contributed by atoms with Crippen LogP contribution in [-0.2, 0) is 0 Å². The fraction of sp³-hybridized carbons (Fsp3) is 0.500. The van der Waals surface area contributed by atoms with Gasteiger partial charge in [-0.3, -0.25) is 0 Å². The molecule has 0 saturated carbocycles. The smallest absolute Gasteiger partial charge is 0.208 e. The van der Waals surface area contributed by atoms with Crippen LogP contribution in [0.5, 0.6) is 5.06 Å². The molecule has 56 valence electrons. The summed E-state index contributed by atoms with van der Waals surface area (Å²) in [5.74, 6) is 0. The van der Waals surface area contributed by atoms with Gasteiger partial charge in [-0.15, -0.1) is 0 Å². The van der Waals surface area contributed by atoms with Crippen LogP contribution in [0.4, 0.5) is 0 Å². The van der Waals surface area contributed by atoms with Gasteiger partial charge in [0.25, 0.3) is 0 Å². The summed E-state index contributed by atoms with van der Waals surface area (Å²) in [6.07, 6.45) is 0. The summed E-state index contributed by atoms with van der Waals surface area (Å²) < 4.78 is 6.28. The average Bonchev–Trinajstić information content (AvgIpc) is 2.13. The minimum atomic E-state index is 0.720. The van der Waals surface area contributed by atoms with E-state index in [1.807, 2.05) is 13.8 Å².